The molecule has 0 saturated heterocycles. The predicted molar refractivity (Wildman–Crippen MR) is 185 cm³/mol. The van der Waals surface area contributed by atoms with Crippen LogP contribution < -0.4 is 23.7 Å². The SMILES string of the molecule is CCCCCCCC(=O)O[C@@H]1Cc2c(OCCCC)cc(OCCCC)cc2O[C@@H]1c1ccc(OCCCC)c(OCCCC)c1. The Balaban J connectivity index is 1.96. The van der Waals surface area contributed by atoms with Crippen LogP contribution in [-0.2, 0) is 16.0 Å². The summed E-state index contributed by atoms with van der Waals surface area (Å²) in [6.45, 7) is 13.3. The third-order valence-corrected chi connectivity index (χ3v) is 8.24. The van der Waals surface area contributed by atoms with Gasteiger partial charge in [-0.25, -0.2) is 0 Å². The first-order chi connectivity index (χ1) is 22.5. The molecule has 2 aromatic carbocycles. The zero-order valence-corrected chi connectivity index (χ0v) is 29.3. The molecule has 258 valence electrons. The Kier molecular flexibility index (Phi) is 17.6. The molecule has 1 aliphatic rings. The van der Waals surface area contributed by atoms with Gasteiger partial charge >= 0.3 is 5.97 Å². The van der Waals surface area contributed by atoms with Gasteiger partial charge < -0.3 is 28.4 Å². The van der Waals surface area contributed by atoms with Crippen LogP contribution in [0.1, 0.15) is 142 Å². The Morgan fingerprint density at radius 1 is 0.652 bits per heavy atom. The molecule has 2 atom stereocenters. The van der Waals surface area contributed by atoms with Crippen molar-refractivity contribution in [3.8, 4) is 28.7 Å². The summed E-state index contributed by atoms with van der Waals surface area (Å²) in [7, 11) is 0. The maximum absolute atomic E-state index is 13.2. The summed E-state index contributed by atoms with van der Waals surface area (Å²) in [6.07, 6.45) is 13.2. The van der Waals surface area contributed by atoms with E-state index in [0.29, 0.717) is 50.8 Å². The van der Waals surface area contributed by atoms with Crippen molar-refractivity contribution in [2.45, 2.75) is 143 Å². The van der Waals surface area contributed by atoms with Crippen LogP contribution in [0.25, 0.3) is 0 Å². The molecule has 0 aliphatic carbocycles. The molecule has 46 heavy (non-hydrogen) atoms. The first-order valence-corrected chi connectivity index (χ1v) is 18.2. The Morgan fingerprint density at radius 2 is 1.24 bits per heavy atom. The standard InChI is InChI=1S/C39H60O7/c1-6-11-16-17-18-19-38(40)45-37-29-32-34(43-24-14-9-4)27-31(41-22-12-7-2)28-35(32)46-39(37)30-20-21-33(42-23-13-8-3)36(26-30)44-25-15-10-5/h20-21,26-28,37,39H,6-19,22-25,29H2,1-5H3/t37-,39-/m1/s1. The summed E-state index contributed by atoms with van der Waals surface area (Å²) in [5.41, 5.74) is 1.79. The Bertz CT molecular complexity index is 1150. The molecule has 0 fully saturated rings. The van der Waals surface area contributed by atoms with Crippen LogP contribution in [0.5, 0.6) is 28.7 Å². The minimum absolute atomic E-state index is 0.189. The van der Waals surface area contributed by atoms with Crippen molar-refractivity contribution in [1.29, 1.82) is 0 Å². The van der Waals surface area contributed by atoms with E-state index in [9.17, 15) is 4.79 Å². The van der Waals surface area contributed by atoms with Gasteiger partial charge in [-0.15, -0.1) is 0 Å². The van der Waals surface area contributed by atoms with E-state index in [1.807, 2.05) is 30.3 Å². The number of carbonyl (C=O) groups is 1. The zero-order chi connectivity index (χ0) is 33.0. The number of rotatable bonds is 24. The molecule has 7 heteroatoms. The van der Waals surface area contributed by atoms with E-state index in [1.54, 1.807) is 0 Å². The van der Waals surface area contributed by atoms with Crippen molar-refractivity contribution >= 4 is 5.97 Å². The largest absolute Gasteiger partial charge is 0.493 e. The first kappa shape index (κ1) is 37.4. The molecule has 3 rings (SSSR count). The smallest absolute Gasteiger partial charge is 0.306 e. The van der Waals surface area contributed by atoms with Crippen LogP contribution in [0.15, 0.2) is 30.3 Å². The second-order valence-electron chi connectivity index (χ2n) is 12.3. The van der Waals surface area contributed by atoms with E-state index in [4.69, 9.17) is 28.4 Å². The molecule has 0 bridgehead atoms. The van der Waals surface area contributed by atoms with Gasteiger partial charge in [0.25, 0.3) is 0 Å². The lowest BCUT2D eigenvalue weighted by atomic mass is 9.93. The number of hydrogen-bond donors (Lipinski definition) is 0. The Labute approximate surface area is 278 Å². The molecular weight excluding hydrogens is 580 g/mol. The van der Waals surface area contributed by atoms with Crippen molar-refractivity contribution in [3.05, 3.63) is 41.5 Å². The van der Waals surface area contributed by atoms with E-state index in [1.165, 1.54) is 12.8 Å². The van der Waals surface area contributed by atoms with E-state index < -0.39 is 12.2 Å². The van der Waals surface area contributed by atoms with Crippen LogP contribution in [-0.4, -0.2) is 38.5 Å². The molecule has 0 aromatic heterocycles. The van der Waals surface area contributed by atoms with Crippen LogP contribution in [0.2, 0.25) is 0 Å². The van der Waals surface area contributed by atoms with Crippen molar-refractivity contribution < 1.29 is 33.2 Å². The third kappa shape index (κ3) is 12.3. The van der Waals surface area contributed by atoms with E-state index >= 15 is 0 Å². The molecule has 0 N–H and O–H groups in total. The number of esters is 1. The summed E-state index contributed by atoms with van der Waals surface area (Å²) >= 11 is 0. The minimum atomic E-state index is -0.524. The van der Waals surface area contributed by atoms with Gasteiger partial charge in [0.05, 0.1) is 26.4 Å². The topological polar surface area (TPSA) is 72.5 Å². The van der Waals surface area contributed by atoms with Crippen molar-refractivity contribution in [3.63, 3.8) is 0 Å². The van der Waals surface area contributed by atoms with Gasteiger partial charge in [-0.2, -0.15) is 0 Å². The van der Waals surface area contributed by atoms with Crippen molar-refractivity contribution in [1.82, 2.24) is 0 Å². The van der Waals surface area contributed by atoms with E-state index in [-0.39, 0.29) is 5.97 Å². The summed E-state index contributed by atoms with van der Waals surface area (Å²) in [5, 5.41) is 0. The van der Waals surface area contributed by atoms with Crippen LogP contribution in [0.4, 0.5) is 0 Å². The summed E-state index contributed by atoms with van der Waals surface area (Å²) in [4.78, 5) is 13.2. The number of fused-ring (bicyclic) bond motifs is 1. The maximum Gasteiger partial charge on any atom is 0.306 e. The number of benzene rings is 2. The molecule has 0 unspecified atom stereocenters. The van der Waals surface area contributed by atoms with E-state index in [2.05, 4.69) is 34.6 Å². The van der Waals surface area contributed by atoms with Gasteiger partial charge in [-0.05, 0) is 44.2 Å². The second kappa shape index (κ2) is 21.7. The quantitative estimate of drug-likeness (QED) is 0.0835. The number of ether oxygens (including phenoxy) is 6. The highest BCUT2D eigenvalue weighted by molar-refractivity contribution is 5.70. The zero-order valence-electron chi connectivity index (χ0n) is 29.3. The molecule has 1 aliphatic heterocycles. The summed E-state index contributed by atoms with van der Waals surface area (Å²) in [5.74, 6) is 3.39. The number of unbranched alkanes of at least 4 members (excludes halogenated alkanes) is 8. The fourth-order valence-electron chi connectivity index (χ4n) is 5.37. The lowest BCUT2D eigenvalue weighted by Gasteiger charge is -2.35. The van der Waals surface area contributed by atoms with Gasteiger partial charge in [0, 0.05) is 36.1 Å². The Hall–Kier alpha value is -3.09. The van der Waals surface area contributed by atoms with Gasteiger partial charge in [-0.3, -0.25) is 4.79 Å². The normalized spacial score (nSPS) is 15.5. The van der Waals surface area contributed by atoms with Crippen LogP contribution in [0, 0.1) is 0 Å². The highest BCUT2D eigenvalue weighted by atomic mass is 16.6. The fraction of sp³-hybridized carbons (Fsp3) is 0.667. The maximum atomic E-state index is 13.2. The highest BCUT2D eigenvalue weighted by Gasteiger charge is 2.37. The number of carbonyl (C=O) groups excluding carboxylic acids is 1. The molecule has 0 radical (unpaired) electrons. The average molecular weight is 641 g/mol. The van der Waals surface area contributed by atoms with Gasteiger partial charge in [0.1, 0.15) is 23.4 Å². The van der Waals surface area contributed by atoms with Gasteiger partial charge in [-0.1, -0.05) is 92.1 Å². The van der Waals surface area contributed by atoms with Gasteiger partial charge in [0.2, 0.25) is 0 Å². The van der Waals surface area contributed by atoms with Crippen molar-refractivity contribution in [2.75, 3.05) is 26.4 Å². The van der Waals surface area contributed by atoms with Crippen LogP contribution >= 0.6 is 0 Å². The molecular formula is C39H60O7. The molecule has 0 amide bonds. The van der Waals surface area contributed by atoms with E-state index in [0.717, 1.165) is 99.0 Å². The lowest BCUT2D eigenvalue weighted by Crippen LogP contribution is -2.35. The Morgan fingerprint density at radius 3 is 1.89 bits per heavy atom. The molecule has 2 aromatic rings. The monoisotopic (exact) mass is 640 g/mol. The van der Waals surface area contributed by atoms with Crippen molar-refractivity contribution in [2.24, 2.45) is 0 Å². The van der Waals surface area contributed by atoms with Gasteiger partial charge in [0.15, 0.2) is 17.6 Å². The molecule has 0 saturated carbocycles. The molecule has 0 spiro atoms. The predicted octanol–water partition coefficient (Wildman–Crippen LogP) is 10.4. The minimum Gasteiger partial charge on any atom is -0.493 e. The highest BCUT2D eigenvalue weighted by Crippen LogP contribution is 2.45. The summed E-state index contributed by atoms with van der Waals surface area (Å²) < 4.78 is 37.8. The fourth-order valence-corrected chi connectivity index (χ4v) is 5.37. The summed E-state index contributed by atoms with van der Waals surface area (Å²) in [6, 6.07) is 9.88. The molecule has 7 nitrogen and oxygen atoms in total. The average Bonchev–Trinajstić information content (AvgIpc) is 3.05. The van der Waals surface area contributed by atoms with Crippen LogP contribution in [0.3, 0.4) is 0 Å². The molecule has 1 heterocycles. The number of hydrogen-bond acceptors (Lipinski definition) is 7. The second-order valence-corrected chi connectivity index (χ2v) is 12.3. The first-order valence-electron chi connectivity index (χ1n) is 18.2. The third-order valence-electron chi connectivity index (χ3n) is 8.24. The lowest BCUT2D eigenvalue weighted by molar-refractivity contribution is -0.155.